The van der Waals surface area contributed by atoms with Crippen molar-refractivity contribution in [2.24, 2.45) is 5.92 Å². The number of carbonyl (C=O) groups excluding carboxylic acids is 1. The van der Waals surface area contributed by atoms with Gasteiger partial charge in [-0.3, -0.25) is 4.79 Å². The van der Waals surface area contributed by atoms with Gasteiger partial charge in [-0.1, -0.05) is 39.8 Å². The van der Waals surface area contributed by atoms with Gasteiger partial charge in [0.15, 0.2) is 0 Å². The SMILES string of the molecule is CCCN(CCC)C(=O)CNc1ccccc1OCC(C)C. The number of hydrogen-bond donors (Lipinski definition) is 1. The molecule has 1 aromatic carbocycles. The van der Waals surface area contributed by atoms with E-state index in [1.54, 1.807) is 0 Å². The van der Waals surface area contributed by atoms with E-state index in [1.807, 2.05) is 29.2 Å². The van der Waals surface area contributed by atoms with Crippen LogP contribution in [0.25, 0.3) is 0 Å². The van der Waals surface area contributed by atoms with Crippen molar-refractivity contribution >= 4 is 11.6 Å². The molecule has 1 amide bonds. The van der Waals surface area contributed by atoms with E-state index >= 15 is 0 Å². The Kier molecular flexibility index (Phi) is 8.41. The molecule has 1 aromatic rings. The molecule has 0 aliphatic heterocycles. The average molecular weight is 306 g/mol. The van der Waals surface area contributed by atoms with Crippen LogP contribution in [0.4, 0.5) is 5.69 Å². The Hall–Kier alpha value is -1.71. The number of benzene rings is 1. The molecule has 0 spiro atoms. The number of nitrogens with zero attached hydrogens (tertiary/aromatic N) is 1. The van der Waals surface area contributed by atoms with Crippen LogP contribution in [0.5, 0.6) is 5.75 Å². The molecule has 1 rings (SSSR count). The minimum absolute atomic E-state index is 0.141. The molecule has 0 unspecified atom stereocenters. The van der Waals surface area contributed by atoms with Crippen molar-refractivity contribution in [3.8, 4) is 5.75 Å². The van der Waals surface area contributed by atoms with Gasteiger partial charge < -0.3 is 15.0 Å². The molecule has 22 heavy (non-hydrogen) atoms. The molecule has 0 aliphatic rings. The van der Waals surface area contributed by atoms with E-state index in [0.717, 1.165) is 37.4 Å². The fraction of sp³-hybridized carbons (Fsp3) is 0.611. The number of nitrogens with one attached hydrogen (secondary N) is 1. The minimum Gasteiger partial charge on any atom is -0.491 e. The lowest BCUT2D eigenvalue weighted by Crippen LogP contribution is -2.36. The van der Waals surface area contributed by atoms with Gasteiger partial charge in [0.05, 0.1) is 18.8 Å². The normalized spacial score (nSPS) is 10.6. The van der Waals surface area contributed by atoms with Crippen molar-refractivity contribution in [3.63, 3.8) is 0 Å². The minimum atomic E-state index is 0.141. The van der Waals surface area contributed by atoms with Crippen LogP contribution in [0.15, 0.2) is 24.3 Å². The van der Waals surface area contributed by atoms with E-state index in [0.29, 0.717) is 19.1 Å². The predicted octanol–water partition coefficient (Wildman–Crippen LogP) is 3.78. The van der Waals surface area contributed by atoms with Crippen molar-refractivity contribution in [2.75, 3.05) is 31.6 Å². The molecule has 0 atom stereocenters. The van der Waals surface area contributed by atoms with Crippen LogP contribution in [0, 0.1) is 5.92 Å². The van der Waals surface area contributed by atoms with Crippen LogP contribution in [-0.2, 0) is 4.79 Å². The second-order valence-corrected chi connectivity index (χ2v) is 5.94. The van der Waals surface area contributed by atoms with Gasteiger partial charge in [0, 0.05) is 13.1 Å². The lowest BCUT2D eigenvalue weighted by atomic mass is 10.2. The van der Waals surface area contributed by atoms with Gasteiger partial charge in [0.1, 0.15) is 5.75 Å². The van der Waals surface area contributed by atoms with Crippen LogP contribution < -0.4 is 10.1 Å². The van der Waals surface area contributed by atoms with Crippen molar-refractivity contribution in [1.82, 2.24) is 4.90 Å². The molecule has 0 heterocycles. The predicted molar refractivity (Wildman–Crippen MR) is 92.4 cm³/mol. The van der Waals surface area contributed by atoms with Gasteiger partial charge in [0.2, 0.25) is 5.91 Å². The zero-order valence-corrected chi connectivity index (χ0v) is 14.4. The summed E-state index contributed by atoms with van der Waals surface area (Å²) >= 11 is 0. The smallest absolute Gasteiger partial charge is 0.241 e. The zero-order valence-electron chi connectivity index (χ0n) is 14.4. The monoisotopic (exact) mass is 306 g/mol. The largest absolute Gasteiger partial charge is 0.491 e. The molecule has 4 nitrogen and oxygen atoms in total. The fourth-order valence-corrected chi connectivity index (χ4v) is 2.18. The molecule has 0 bridgehead atoms. The summed E-state index contributed by atoms with van der Waals surface area (Å²) in [6.07, 6.45) is 1.97. The third kappa shape index (κ3) is 6.37. The van der Waals surface area contributed by atoms with Crippen LogP contribution >= 0.6 is 0 Å². The molecule has 1 N–H and O–H groups in total. The lowest BCUT2D eigenvalue weighted by molar-refractivity contribution is -0.129. The lowest BCUT2D eigenvalue weighted by Gasteiger charge is -2.22. The summed E-state index contributed by atoms with van der Waals surface area (Å²) in [5, 5.41) is 3.22. The van der Waals surface area contributed by atoms with Gasteiger partial charge in [-0.2, -0.15) is 0 Å². The maximum Gasteiger partial charge on any atom is 0.241 e. The first-order valence-electron chi connectivity index (χ1n) is 8.31. The quantitative estimate of drug-likeness (QED) is 0.715. The van der Waals surface area contributed by atoms with Crippen molar-refractivity contribution in [3.05, 3.63) is 24.3 Å². The molecule has 0 fully saturated rings. The van der Waals surface area contributed by atoms with Gasteiger partial charge in [0.25, 0.3) is 0 Å². The fourth-order valence-electron chi connectivity index (χ4n) is 2.18. The summed E-state index contributed by atoms with van der Waals surface area (Å²) in [4.78, 5) is 14.2. The van der Waals surface area contributed by atoms with E-state index in [1.165, 1.54) is 0 Å². The number of anilines is 1. The molecule has 0 saturated carbocycles. The van der Waals surface area contributed by atoms with Gasteiger partial charge >= 0.3 is 0 Å². The summed E-state index contributed by atoms with van der Waals surface area (Å²) in [5.74, 6) is 1.42. The number of carbonyl (C=O) groups is 1. The highest BCUT2D eigenvalue weighted by molar-refractivity contribution is 5.81. The molecule has 124 valence electrons. The summed E-state index contributed by atoms with van der Waals surface area (Å²) in [6.45, 7) is 11.0. The van der Waals surface area contributed by atoms with Gasteiger partial charge in [-0.25, -0.2) is 0 Å². The number of amides is 1. The third-order valence-corrected chi connectivity index (χ3v) is 3.23. The molecule has 0 saturated heterocycles. The summed E-state index contributed by atoms with van der Waals surface area (Å²) in [6, 6.07) is 7.78. The Labute approximate surface area is 134 Å². The molecule has 0 radical (unpaired) electrons. The highest BCUT2D eigenvalue weighted by Gasteiger charge is 2.12. The van der Waals surface area contributed by atoms with E-state index < -0.39 is 0 Å². The topological polar surface area (TPSA) is 41.6 Å². The Morgan fingerprint density at radius 1 is 1.18 bits per heavy atom. The van der Waals surface area contributed by atoms with Crippen LogP contribution in [0.2, 0.25) is 0 Å². The maximum atomic E-state index is 12.3. The molecular weight excluding hydrogens is 276 g/mol. The first kappa shape index (κ1) is 18.3. The van der Waals surface area contributed by atoms with Crippen LogP contribution in [0.3, 0.4) is 0 Å². The van der Waals surface area contributed by atoms with Crippen molar-refractivity contribution < 1.29 is 9.53 Å². The van der Waals surface area contributed by atoms with Crippen molar-refractivity contribution in [1.29, 1.82) is 0 Å². The molecular formula is C18H30N2O2. The van der Waals surface area contributed by atoms with Gasteiger partial charge in [-0.05, 0) is 30.9 Å². The molecule has 4 heteroatoms. The Morgan fingerprint density at radius 2 is 1.82 bits per heavy atom. The van der Waals surface area contributed by atoms with Crippen LogP contribution in [-0.4, -0.2) is 37.0 Å². The number of rotatable bonds is 10. The van der Waals surface area contributed by atoms with Gasteiger partial charge in [-0.15, -0.1) is 0 Å². The van der Waals surface area contributed by atoms with E-state index in [4.69, 9.17) is 4.74 Å². The second kappa shape index (κ2) is 10.1. The molecule has 0 aliphatic carbocycles. The van der Waals surface area contributed by atoms with Crippen LogP contribution in [0.1, 0.15) is 40.5 Å². The van der Waals surface area contributed by atoms with E-state index in [2.05, 4.69) is 33.0 Å². The first-order valence-corrected chi connectivity index (χ1v) is 8.31. The Morgan fingerprint density at radius 3 is 2.41 bits per heavy atom. The standard InChI is InChI=1S/C18H30N2O2/c1-5-11-20(12-6-2)18(21)13-19-16-9-7-8-10-17(16)22-14-15(3)4/h7-10,15,19H,5-6,11-14H2,1-4H3. The summed E-state index contributed by atoms with van der Waals surface area (Å²) in [5.41, 5.74) is 0.879. The third-order valence-electron chi connectivity index (χ3n) is 3.23. The number of para-hydroxylation sites is 2. The summed E-state index contributed by atoms with van der Waals surface area (Å²) in [7, 11) is 0. The first-order chi connectivity index (χ1) is 10.6. The zero-order chi connectivity index (χ0) is 16.4. The number of hydrogen-bond acceptors (Lipinski definition) is 3. The molecule has 0 aromatic heterocycles. The average Bonchev–Trinajstić information content (AvgIpc) is 2.51. The highest BCUT2D eigenvalue weighted by Crippen LogP contribution is 2.24. The number of ether oxygens (including phenoxy) is 1. The maximum absolute atomic E-state index is 12.3. The second-order valence-electron chi connectivity index (χ2n) is 5.94. The highest BCUT2D eigenvalue weighted by atomic mass is 16.5. The summed E-state index contributed by atoms with van der Waals surface area (Å²) < 4.78 is 5.80. The van der Waals surface area contributed by atoms with Crippen molar-refractivity contribution in [2.45, 2.75) is 40.5 Å². The Bertz CT molecular complexity index is 440. The van der Waals surface area contributed by atoms with E-state index in [9.17, 15) is 4.79 Å². The van der Waals surface area contributed by atoms with E-state index in [-0.39, 0.29) is 5.91 Å². The Balaban J connectivity index is 2.60.